The largest absolute Gasteiger partial charge is 0.383 e. The second-order valence-electron chi connectivity index (χ2n) is 6.09. The summed E-state index contributed by atoms with van der Waals surface area (Å²) in [6, 6.07) is 4.67. The molecule has 1 rings (SSSR count). The average molecular weight is 293 g/mol. The Morgan fingerprint density at radius 2 is 2.00 bits per heavy atom. The first-order chi connectivity index (χ1) is 9.97. The molecular weight excluding hydrogens is 262 g/mol. The van der Waals surface area contributed by atoms with E-state index in [1.807, 2.05) is 0 Å². The van der Waals surface area contributed by atoms with E-state index in [0.29, 0.717) is 18.6 Å². The lowest BCUT2D eigenvalue weighted by atomic mass is 10.2. The lowest BCUT2D eigenvalue weighted by Gasteiger charge is -2.29. The molecule has 0 aromatic carbocycles. The molecule has 1 N–H and O–H groups in total. The molecule has 21 heavy (non-hydrogen) atoms. The zero-order valence-corrected chi connectivity index (χ0v) is 14.4. The quantitative estimate of drug-likeness (QED) is 0.759. The van der Waals surface area contributed by atoms with E-state index in [1.165, 1.54) is 5.56 Å². The Morgan fingerprint density at radius 1 is 1.29 bits per heavy atom. The Labute approximate surface area is 129 Å². The summed E-state index contributed by atoms with van der Waals surface area (Å²) < 4.78 is 5.28. The van der Waals surface area contributed by atoms with E-state index >= 15 is 0 Å². The van der Waals surface area contributed by atoms with Crippen molar-refractivity contribution < 1.29 is 4.74 Å². The SMILES string of the molecule is CCN(c1cc(CNCC(C)C)cc(C)n1)C(C)COC. The molecule has 1 heterocycles. The van der Waals surface area contributed by atoms with Crippen LogP contribution in [0.3, 0.4) is 0 Å². The van der Waals surface area contributed by atoms with Crippen LogP contribution in [0.2, 0.25) is 0 Å². The first kappa shape index (κ1) is 17.9. The van der Waals surface area contributed by atoms with Crippen LogP contribution >= 0.6 is 0 Å². The third-order valence-corrected chi connectivity index (χ3v) is 3.46. The van der Waals surface area contributed by atoms with Crippen LogP contribution in [0, 0.1) is 12.8 Å². The van der Waals surface area contributed by atoms with Crippen LogP contribution < -0.4 is 10.2 Å². The number of aryl methyl sites for hydroxylation is 1. The molecule has 0 aliphatic rings. The molecule has 0 aliphatic carbocycles. The first-order valence-corrected chi connectivity index (χ1v) is 7.91. The van der Waals surface area contributed by atoms with E-state index in [2.05, 4.69) is 57.0 Å². The average Bonchev–Trinajstić information content (AvgIpc) is 2.38. The van der Waals surface area contributed by atoms with Crippen molar-refractivity contribution in [3.05, 3.63) is 23.4 Å². The normalized spacial score (nSPS) is 12.7. The number of ether oxygens (including phenoxy) is 1. The summed E-state index contributed by atoms with van der Waals surface area (Å²) >= 11 is 0. The summed E-state index contributed by atoms with van der Waals surface area (Å²) in [7, 11) is 1.75. The van der Waals surface area contributed by atoms with E-state index in [9.17, 15) is 0 Å². The zero-order chi connectivity index (χ0) is 15.8. The Hall–Kier alpha value is -1.13. The molecule has 0 bridgehead atoms. The third-order valence-electron chi connectivity index (χ3n) is 3.46. The van der Waals surface area contributed by atoms with Crippen LogP contribution in [-0.2, 0) is 11.3 Å². The van der Waals surface area contributed by atoms with Gasteiger partial charge >= 0.3 is 0 Å². The van der Waals surface area contributed by atoms with Crippen LogP contribution in [-0.4, -0.2) is 37.8 Å². The number of hydrogen-bond donors (Lipinski definition) is 1. The Kier molecular flexibility index (Phi) is 7.68. The van der Waals surface area contributed by atoms with Gasteiger partial charge in [0.1, 0.15) is 5.82 Å². The van der Waals surface area contributed by atoms with Gasteiger partial charge in [-0.25, -0.2) is 4.98 Å². The highest BCUT2D eigenvalue weighted by Gasteiger charge is 2.15. The molecule has 1 aromatic heterocycles. The Balaban J connectivity index is 2.83. The third kappa shape index (κ3) is 6.02. The number of rotatable bonds is 9. The number of anilines is 1. The minimum Gasteiger partial charge on any atom is -0.383 e. The minimum absolute atomic E-state index is 0.325. The maximum atomic E-state index is 5.28. The zero-order valence-electron chi connectivity index (χ0n) is 14.4. The van der Waals surface area contributed by atoms with Gasteiger partial charge in [-0.15, -0.1) is 0 Å². The van der Waals surface area contributed by atoms with Crippen molar-refractivity contribution in [2.75, 3.05) is 31.7 Å². The van der Waals surface area contributed by atoms with Crippen molar-refractivity contribution in [3.8, 4) is 0 Å². The predicted octanol–water partition coefficient (Wildman–Crippen LogP) is 3.00. The van der Waals surface area contributed by atoms with Crippen LogP contribution in [0.1, 0.15) is 39.0 Å². The first-order valence-electron chi connectivity index (χ1n) is 7.91. The predicted molar refractivity (Wildman–Crippen MR) is 89.9 cm³/mol. The highest BCUT2D eigenvalue weighted by molar-refractivity contribution is 5.43. The van der Waals surface area contributed by atoms with Crippen molar-refractivity contribution in [3.63, 3.8) is 0 Å². The van der Waals surface area contributed by atoms with Crippen molar-refractivity contribution in [2.24, 2.45) is 5.92 Å². The van der Waals surface area contributed by atoms with Crippen molar-refractivity contribution in [1.29, 1.82) is 0 Å². The lowest BCUT2D eigenvalue weighted by Crippen LogP contribution is -2.37. The fourth-order valence-electron chi connectivity index (χ4n) is 2.51. The number of hydrogen-bond acceptors (Lipinski definition) is 4. The van der Waals surface area contributed by atoms with Crippen LogP contribution in [0.5, 0.6) is 0 Å². The summed E-state index contributed by atoms with van der Waals surface area (Å²) in [6.45, 7) is 14.4. The molecule has 1 aromatic rings. The molecule has 1 atom stereocenters. The van der Waals surface area contributed by atoms with E-state index in [4.69, 9.17) is 9.72 Å². The molecule has 0 saturated carbocycles. The number of methoxy groups -OCH3 is 1. The standard InChI is InChI=1S/C17H31N3O/c1-7-20(15(5)12-21-6)17-9-16(8-14(4)19-17)11-18-10-13(2)3/h8-9,13,15,18H,7,10-12H2,1-6H3. The number of nitrogens with zero attached hydrogens (tertiary/aromatic N) is 2. The van der Waals surface area contributed by atoms with E-state index in [0.717, 1.165) is 31.1 Å². The fraction of sp³-hybridized carbons (Fsp3) is 0.706. The maximum Gasteiger partial charge on any atom is 0.129 e. The molecular formula is C17H31N3O. The van der Waals surface area contributed by atoms with Gasteiger partial charge in [0.25, 0.3) is 0 Å². The Morgan fingerprint density at radius 3 is 2.57 bits per heavy atom. The summed E-state index contributed by atoms with van der Waals surface area (Å²) in [5.41, 5.74) is 2.36. The molecule has 0 radical (unpaired) electrons. The molecule has 0 aliphatic heterocycles. The molecule has 4 heteroatoms. The highest BCUT2D eigenvalue weighted by atomic mass is 16.5. The second kappa shape index (κ2) is 9.00. The molecule has 4 nitrogen and oxygen atoms in total. The van der Waals surface area contributed by atoms with Gasteiger partial charge in [-0.3, -0.25) is 0 Å². The topological polar surface area (TPSA) is 37.4 Å². The van der Waals surface area contributed by atoms with Gasteiger partial charge in [0, 0.05) is 25.9 Å². The number of aromatic nitrogens is 1. The molecule has 0 spiro atoms. The molecule has 120 valence electrons. The smallest absolute Gasteiger partial charge is 0.129 e. The van der Waals surface area contributed by atoms with Crippen molar-refractivity contribution >= 4 is 5.82 Å². The van der Waals surface area contributed by atoms with Crippen LogP contribution in [0.25, 0.3) is 0 Å². The Bertz CT molecular complexity index is 420. The van der Waals surface area contributed by atoms with Crippen molar-refractivity contribution in [2.45, 2.75) is 47.2 Å². The minimum atomic E-state index is 0.325. The summed E-state index contributed by atoms with van der Waals surface area (Å²) in [5, 5.41) is 3.50. The monoisotopic (exact) mass is 293 g/mol. The fourth-order valence-corrected chi connectivity index (χ4v) is 2.51. The molecule has 0 saturated heterocycles. The van der Waals surface area contributed by atoms with Crippen LogP contribution in [0.4, 0.5) is 5.82 Å². The highest BCUT2D eigenvalue weighted by Crippen LogP contribution is 2.17. The van der Waals surface area contributed by atoms with Gasteiger partial charge in [-0.05, 0) is 50.9 Å². The summed E-state index contributed by atoms with van der Waals surface area (Å²) in [4.78, 5) is 6.99. The van der Waals surface area contributed by atoms with Gasteiger partial charge in [-0.1, -0.05) is 13.8 Å². The van der Waals surface area contributed by atoms with E-state index < -0.39 is 0 Å². The van der Waals surface area contributed by atoms with Gasteiger partial charge in [0.2, 0.25) is 0 Å². The van der Waals surface area contributed by atoms with Gasteiger partial charge < -0.3 is 15.0 Å². The lowest BCUT2D eigenvalue weighted by molar-refractivity contribution is 0.181. The molecule has 1 unspecified atom stereocenters. The number of pyridine rings is 1. The second-order valence-corrected chi connectivity index (χ2v) is 6.09. The van der Waals surface area contributed by atoms with Gasteiger partial charge in [0.15, 0.2) is 0 Å². The summed E-state index contributed by atoms with van der Waals surface area (Å²) in [5.74, 6) is 1.71. The van der Waals surface area contributed by atoms with Crippen molar-refractivity contribution in [1.82, 2.24) is 10.3 Å². The van der Waals surface area contributed by atoms with Crippen LogP contribution in [0.15, 0.2) is 12.1 Å². The van der Waals surface area contributed by atoms with Gasteiger partial charge in [-0.2, -0.15) is 0 Å². The molecule has 0 amide bonds. The van der Waals surface area contributed by atoms with E-state index in [1.54, 1.807) is 7.11 Å². The number of nitrogens with one attached hydrogen (secondary N) is 1. The van der Waals surface area contributed by atoms with E-state index in [-0.39, 0.29) is 0 Å². The van der Waals surface area contributed by atoms with Gasteiger partial charge in [0.05, 0.1) is 12.6 Å². The summed E-state index contributed by atoms with van der Waals surface area (Å²) in [6.07, 6.45) is 0. The molecule has 0 fully saturated rings. The number of likely N-dealkylation sites (N-methyl/N-ethyl adjacent to an activating group) is 1. The maximum absolute atomic E-state index is 5.28.